The van der Waals surface area contributed by atoms with Crippen molar-refractivity contribution < 1.29 is 4.39 Å². The van der Waals surface area contributed by atoms with Crippen LogP contribution in [0.2, 0.25) is 0 Å². The molecule has 2 heteroatoms. The van der Waals surface area contributed by atoms with E-state index in [1.807, 2.05) is 12.1 Å². The summed E-state index contributed by atoms with van der Waals surface area (Å²) in [6.07, 6.45) is 2.50. The summed E-state index contributed by atoms with van der Waals surface area (Å²) in [6.45, 7) is 9.16. The summed E-state index contributed by atoms with van der Waals surface area (Å²) in [7, 11) is 0. The topological polar surface area (TPSA) is 12.0 Å². The molecule has 3 unspecified atom stereocenters. The molecule has 0 aromatic heterocycles. The summed E-state index contributed by atoms with van der Waals surface area (Å²) < 4.78 is 12.9. The van der Waals surface area contributed by atoms with Crippen molar-refractivity contribution in [2.75, 3.05) is 0 Å². The summed E-state index contributed by atoms with van der Waals surface area (Å²) in [5, 5.41) is 3.70. The van der Waals surface area contributed by atoms with E-state index in [2.05, 4.69) is 33.0 Å². The lowest BCUT2D eigenvalue weighted by Gasteiger charge is -2.23. The highest BCUT2D eigenvalue weighted by atomic mass is 19.1. The van der Waals surface area contributed by atoms with Crippen molar-refractivity contribution >= 4 is 0 Å². The van der Waals surface area contributed by atoms with Gasteiger partial charge in [0.1, 0.15) is 5.82 Å². The molecule has 1 saturated carbocycles. The van der Waals surface area contributed by atoms with Crippen LogP contribution in [0.4, 0.5) is 4.39 Å². The predicted octanol–water partition coefficient (Wildman–Crippen LogP) is 4.30. The second-order valence-corrected chi connectivity index (χ2v) is 6.60. The van der Waals surface area contributed by atoms with Gasteiger partial charge in [0.15, 0.2) is 0 Å². The lowest BCUT2D eigenvalue weighted by atomic mass is 9.91. The average molecular weight is 249 g/mol. The number of nitrogens with one attached hydrogen (secondary N) is 1. The van der Waals surface area contributed by atoms with E-state index in [0.29, 0.717) is 17.4 Å². The van der Waals surface area contributed by atoms with Crippen LogP contribution in [0.1, 0.15) is 52.1 Å². The number of hydrogen-bond acceptors (Lipinski definition) is 1. The van der Waals surface area contributed by atoms with E-state index < -0.39 is 0 Å². The van der Waals surface area contributed by atoms with Crippen LogP contribution in [-0.2, 0) is 0 Å². The highest BCUT2D eigenvalue weighted by Gasteiger charge is 2.36. The molecule has 1 aromatic rings. The summed E-state index contributed by atoms with van der Waals surface area (Å²) >= 11 is 0. The maximum absolute atomic E-state index is 12.9. The predicted molar refractivity (Wildman–Crippen MR) is 73.9 cm³/mol. The van der Waals surface area contributed by atoms with Gasteiger partial charge < -0.3 is 5.32 Å². The van der Waals surface area contributed by atoms with Gasteiger partial charge in [-0.15, -0.1) is 0 Å². The highest BCUT2D eigenvalue weighted by Crippen LogP contribution is 2.41. The zero-order chi connectivity index (χ0) is 13.3. The molecule has 100 valence electrons. The van der Waals surface area contributed by atoms with Gasteiger partial charge in [-0.05, 0) is 48.8 Å². The largest absolute Gasteiger partial charge is 0.307 e. The molecule has 1 aliphatic rings. The molecule has 3 atom stereocenters. The Labute approximate surface area is 110 Å². The Kier molecular flexibility index (Phi) is 3.76. The quantitative estimate of drug-likeness (QED) is 0.842. The van der Waals surface area contributed by atoms with Crippen LogP contribution in [0.25, 0.3) is 0 Å². The molecule has 1 N–H and O–H groups in total. The standard InChI is InChI=1S/C16H24FN/c1-11-9-16(3,4)10-15(11)18-12(2)13-5-7-14(17)8-6-13/h5-8,11-12,15,18H,9-10H2,1-4H3. The number of hydrogen-bond donors (Lipinski definition) is 1. The smallest absolute Gasteiger partial charge is 0.123 e. The fraction of sp³-hybridized carbons (Fsp3) is 0.625. The molecule has 0 radical (unpaired) electrons. The van der Waals surface area contributed by atoms with Gasteiger partial charge in [-0.1, -0.05) is 32.9 Å². The first-order valence-corrected chi connectivity index (χ1v) is 6.89. The van der Waals surface area contributed by atoms with Crippen molar-refractivity contribution in [3.05, 3.63) is 35.6 Å². The van der Waals surface area contributed by atoms with Crippen LogP contribution in [0.15, 0.2) is 24.3 Å². The van der Waals surface area contributed by atoms with Gasteiger partial charge in [0.2, 0.25) is 0 Å². The third-order valence-corrected chi connectivity index (χ3v) is 4.17. The molecule has 0 bridgehead atoms. The van der Waals surface area contributed by atoms with Crippen LogP contribution in [0.5, 0.6) is 0 Å². The molecule has 0 heterocycles. The van der Waals surface area contributed by atoms with Crippen molar-refractivity contribution in [2.24, 2.45) is 11.3 Å². The Bertz CT molecular complexity index is 396. The van der Waals surface area contributed by atoms with E-state index in [1.165, 1.54) is 25.0 Å². The second-order valence-electron chi connectivity index (χ2n) is 6.60. The fourth-order valence-electron chi connectivity index (χ4n) is 3.29. The highest BCUT2D eigenvalue weighted by molar-refractivity contribution is 5.19. The van der Waals surface area contributed by atoms with Crippen LogP contribution in [0.3, 0.4) is 0 Å². The lowest BCUT2D eigenvalue weighted by molar-refractivity contribution is 0.356. The number of halogens is 1. The molecule has 1 fully saturated rings. The van der Waals surface area contributed by atoms with Gasteiger partial charge >= 0.3 is 0 Å². The first kappa shape index (κ1) is 13.5. The van der Waals surface area contributed by atoms with Crippen LogP contribution < -0.4 is 5.32 Å². The fourth-order valence-corrected chi connectivity index (χ4v) is 3.29. The first-order valence-electron chi connectivity index (χ1n) is 6.89. The van der Waals surface area contributed by atoms with Gasteiger partial charge in [-0.25, -0.2) is 4.39 Å². The first-order chi connectivity index (χ1) is 8.37. The van der Waals surface area contributed by atoms with Gasteiger partial charge in [-0.3, -0.25) is 0 Å². The molecule has 0 aliphatic heterocycles. The van der Waals surface area contributed by atoms with Gasteiger partial charge in [0.25, 0.3) is 0 Å². The molecule has 2 rings (SSSR count). The summed E-state index contributed by atoms with van der Waals surface area (Å²) in [6, 6.07) is 7.67. The number of rotatable bonds is 3. The SMILES string of the molecule is CC(NC1CC(C)(C)CC1C)c1ccc(F)cc1. The van der Waals surface area contributed by atoms with Crippen LogP contribution in [0, 0.1) is 17.2 Å². The zero-order valence-corrected chi connectivity index (χ0v) is 11.8. The molecule has 1 aromatic carbocycles. The monoisotopic (exact) mass is 249 g/mol. The Morgan fingerprint density at radius 1 is 1.22 bits per heavy atom. The Morgan fingerprint density at radius 2 is 1.83 bits per heavy atom. The zero-order valence-electron chi connectivity index (χ0n) is 11.8. The van der Waals surface area contributed by atoms with Crippen molar-refractivity contribution in [2.45, 2.75) is 52.6 Å². The second kappa shape index (κ2) is 5.00. The van der Waals surface area contributed by atoms with Gasteiger partial charge in [-0.2, -0.15) is 0 Å². The maximum Gasteiger partial charge on any atom is 0.123 e. The summed E-state index contributed by atoms with van der Waals surface area (Å²) in [5.74, 6) is 0.546. The molecule has 0 amide bonds. The third-order valence-electron chi connectivity index (χ3n) is 4.17. The summed E-state index contributed by atoms with van der Waals surface area (Å²) in [4.78, 5) is 0. The van der Waals surface area contributed by atoms with Crippen LogP contribution >= 0.6 is 0 Å². The third kappa shape index (κ3) is 3.11. The molecular weight excluding hydrogens is 225 g/mol. The maximum atomic E-state index is 12.9. The minimum atomic E-state index is -0.165. The molecule has 1 aliphatic carbocycles. The molecular formula is C16H24FN. The minimum absolute atomic E-state index is 0.165. The van der Waals surface area contributed by atoms with E-state index in [0.717, 1.165) is 5.56 Å². The van der Waals surface area contributed by atoms with E-state index in [1.54, 1.807) is 0 Å². The van der Waals surface area contributed by atoms with E-state index in [9.17, 15) is 4.39 Å². The molecule has 1 nitrogen and oxygen atoms in total. The number of benzene rings is 1. The van der Waals surface area contributed by atoms with E-state index in [-0.39, 0.29) is 11.9 Å². The van der Waals surface area contributed by atoms with Crippen molar-refractivity contribution in [1.29, 1.82) is 0 Å². The van der Waals surface area contributed by atoms with Crippen LogP contribution in [-0.4, -0.2) is 6.04 Å². The lowest BCUT2D eigenvalue weighted by Crippen LogP contribution is -2.33. The molecule has 0 spiro atoms. The van der Waals surface area contributed by atoms with E-state index in [4.69, 9.17) is 0 Å². The van der Waals surface area contributed by atoms with Crippen molar-refractivity contribution in [3.63, 3.8) is 0 Å². The normalized spacial score (nSPS) is 28.3. The molecule has 0 saturated heterocycles. The Hall–Kier alpha value is -0.890. The van der Waals surface area contributed by atoms with Crippen molar-refractivity contribution in [1.82, 2.24) is 5.32 Å². The van der Waals surface area contributed by atoms with Gasteiger partial charge in [0.05, 0.1) is 0 Å². The average Bonchev–Trinajstić information content (AvgIpc) is 2.52. The summed E-state index contributed by atoms with van der Waals surface area (Å²) in [5.41, 5.74) is 1.60. The Morgan fingerprint density at radius 3 is 2.33 bits per heavy atom. The minimum Gasteiger partial charge on any atom is -0.307 e. The van der Waals surface area contributed by atoms with Crippen molar-refractivity contribution in [3.8, 4) is 0 Å². The molecule has 18 heavy (non-hydrogen) atoms. The Balaban J connectivity index is 1.99. The van der Waals surface area contributed by atoms with E-state index >= 15 is 0 Å². The van der Waals surface area contributed by atoms with Gasteiger partial charge in [0, 0.05) is 12.1 Å².